The molecule has 1 aliphatic rings. The number of alkyl halides is 6. The summed E-state index contributed by atoms with van der Waals surface area (Å²) in [5.74, 6) is -0.211. The van der Waals surface area contributed by atoms with Gasteiger partial charge in [-0.1, -0.05) is 17.3 Å². The van der Waals surface area contributed by atoms with Crippen molar-refractivity contribution >= 4 is 5.84 Å². The molecule has 0 fully saturated rings. The number of nitrogens with zero attached hydrogens (tertiary/aromatic N) is 3. The van der Waals surface area contributed by atoms with Crippen LogP contribution in [0.4, 0.5) is 30.7 Å². The molecule has 38 heavy (non-hydrogen) atoms. The fourth-order valence-electron chi connectivity index (χ4n) is 4.08. The van der Waals surface area contributed by atoms with Gasteiger partial charge in [-0.2, -0.15) is 26.3 Å². The molecule has 196 valence electrons. The van der Waals surface area contributed by atoms with Crippen LogP contribution in [0, 0.1) is 5.82 Å². The van der Waals surface area contributed by atoms with Gasteiger partial charge in [0.25, 0.3) is 0 Å². The normalized spacial score (nSPS) is 15.9. The van der Waals surface area contributed by atoms with Crippen LogP contribution in [0.15, 0.2) is 88.9 Å². The quantitative estimate of drug-likeness (QED) is 0.250. The van der Waals surface area contributed by atoms with Crippen LogP contribution in [0.3, 0.4) is 0 Å². The largest absolute Gasteiger partial charge is 0.461 e. The van der Waals surface area contributed by atoms with Crippen molar-refractivity contribution in [2.24, 2.45) is 5.16 Å². The van der Waals surface area contributed by atoms with Gasteiger partial charge in [0.05, 0.1) is 23.9 Å². The van der Waals surface area contributed by atoms with Crippen LogP contribution in [-0.4, -0.2) is 15.7 Å². The van der Waals surface area contributed by atoms with Crippen molar-refractivity contribution in [3.05, 3.63) is 113 Å². The van der Waals surface area contributed by atoms with Gasteiger partial charge in [-0.15, -0.1) is 0 Å². The van der Waals surface area contributed by atoms with Crippen molar-refractivity contribution in [3.8, 4) is 11.1 Å². The summed E-state index contributed by atoms with van der Waals surface area (Å²) in [6, 6.07) is 11.6. The zero-order valence-corrected chi connectivity index (χ0v) is 19.1. The van der Waals surface area contributed by atoms with Crippen LogP contribution in [0.25, 0.3) is 11.1 Å². The summed E-state index contributed by atoms with van der Waals surface area (Å²) in [6.07, 6.45) is -7.21. The Morgan fingerprint density at radius 3 is 2.16 bits per heavy atom. The molecule has 0 radical (unpaired) electrons. The third-order valence-corrected chi connectivity index (χ3v) is 5.83. The molecule has 4 aromatic rings. The molecule has 1 unspecified atom stereocenters. The van der Waals surface area contributed by atoms with E-state index < -0.39 is 41.1 Å². The van der Waals surface area contributed by atoms with E-state index in [-0.39, 0.29) is 24.2 Å². The van der Waals surface area contributed by atoms with Gasteiger partial charge in [-0.05, 0) is 65.2 Å². The average Bonchev–Trinajstić information content (AvgIpc) is 3.54. The Morgan fingerprint density at radius 1 is 0.868 bits per heavy atom. The fourth-order valence-corrected chi connectivity index (χ4v) is 4.08. The summed E-state index contributed by atoms with van der Waals surface area (Å²) in [4.78, 5) is 10.9. The summed E-state index contributed by atoms with van der Waals surface area (Å²) in [7, 11) is 0. The van der Waals surface area contributed by atoms with Crippen molar-refractivity contribution in [2.75, 3.05) is 0 Å². The van der Waals surface area contributed by atoms with Crippen molar-refractivity contribution < 1.29 is 40.0 Å². The number of oxime groups is 1. The number of halogens is 7. The van der Waals surface area contributed by atoms with Gasteiger partial charge in [0.2, 0.25) is 12.1 Å². The van der Waals surface area contributed by atoms with Gasteiger partial charge >= 0.3 is 12.4 Å². The summed E-state index contributed by atoms with van der Waals surface area (Å²) in [6.45, 7) is -0.0949. The minimum atomic E-state index is -5.04. The van der Waals surface area contributed by atoms with Gasteiger partial charge in [0.15, 0.2) is 5.76 Å². The average molecular weight is 535 g/mol. The first kappa shape index (κ1) is 25.3. The molecule has 2 aromatic carbocycles. The lowest BCUT2D eigenvalue weighted by Gasteiger charge is -2.27. The molecule has 5 nitrogen and oxygen atoms in total. The highest BCUT2D eigenvalue weighted by Crippen LogP contribution is 2.41. The molecular weight excluding hydrogens is 519 g/mol. The molecule has 12 heteroatoms. The number of aromatic nitrogens is 1. The van der Waals surface area contributed by atoms with Crippen LogP contribution in [0.1, 0.15) is 34.2 Å². The first-order chi connectivity index (χ1) is 18.0. The fraction of sp³-hybridized carbons (Fsp3) is 0.154. The maximum absolute atomic E-state index is 13.5. The maximum Gasteiger partial charge on any atom is 0.416 e. The van der Waals surface area contributed by atoms with E-state index in [0.29, 0.717) is 28.8 Å². The predicted molar refractivity (Wildman–Crippen MR) is 121 cm³/mol. The van der Waals surface area contributed by atoms with Gasteiger partial charge in [-0.3, -0.25) is 4.98 Å². The van der Waals surface area contributed by atoms with Crippen LogP contribution >= 0.6 is 0 Å². The van der Waals surface area contributed by atoms with E-state index in [1.165, 1.54) is 53.9 Å². The second kappa shape index (κ2) is 9.51. The zero-order valence-electron chi connectivity index (χ0n) is 19.1. The molecule has 2 aromatic heterocycles. The third kappa shape index (κ3) is 5.06. The van der Waals surface area contributed by atoms with E-state index in [4.69, 9.17) is 9.25 Å². The number of rotatable bonds is 5. The smallest absolute Gasteiger partial charge is 0.416 e. The van der Waals surface area contributed by atoms with E-state index in [9.17, 15) is 30.7 Å². The summed E-state index contributed by atoms with van der Waals surface area (Å²) >= 11 is 0. The number of amidine groups is 1. The van der Waals surface area contributed by atoms with Crippen LogP contribution in [0.2, 0.25) is 0 Å². The Labute approximate surface area is 210 Å². The third-order valence-electron chi connectivity index (χ3n) is 5.83. The number of hydrogen-bond acceptors (Lipinski definition) is 5. The zero-order chi connectivity index (χ0) is 27.1. The van der Waals surface area contributed by atoms with E-state index in [2.05, 4.69) is 10.1 Å². The minimum absolute atomic E-state index is 0.0465. The number of pyridine rings is 1. The Bertz CT molecular complexity index is 1430. The molecule has 3 heterocycles. The Kier molecular flexibility index (Phi) is 6.33. The van der Waals surface area contributed by atoms with E-state index in [1.807, 2.05) is 0 Å². The minimum Gasteiger partial charge on any atom is -0.461 e. The standard InChI is InChI=1S/C26H16F7N3O2/c27-20-5-3-15(4-6-20)21-7-8-34-13-17(21)14-36-23(22-2-1-9-37-22)35-38-24(36)16-10-18(25(28,29)30)12-19(11-16)26(31,32)33/h1-13,24H,14H2. The van der Waals surface area contributed by atoms with E-state index in [1.54, 1.807) is 12.1 Å². The van der Waals surface area contributed by atoms with Gasteiger partial charge in [0.1, 0.15) is 5.82 Å². The van der Waals surface area contributed by atoms with Crippen molar-refractivity contribution in [3.63, 3.8) is 0 Å². The van der Waals surface area contributed by atoms with Crippen molar-refractivity contribution in [2.45, 2.75) is 25.1 Å². The first-order valence-electron chi connectivity index (χ1n) is 11.0. The SMILES string of the molecule is Fc1ccc(-c2ccncc2CN2C(c3ccco3)=NOC2c2cc(C(F)(F)F)cc(C(F)(F)F)c2)cc1. The van der Waals surface area contributed by atoms with Crippen molar-refractivity contribution in [1.82, 2.24) is 9.88 Å². The summed E-state index contributed by atoms with van der Waals surface area (Å²) < 4.78 is 100. The number of furan rings is 1. The molecule has 5 rings (SSSR count). The lowest BCUT2D eigenvalue weighted by Crippen LogP contribution is -2.31. The second-order valence-electron chi connectivity index (χ2n) is 8.36. The predicted octanol–water partition coefficient (Wildman–Crippen LogP) is 7.41. The monoisotopic (exact) mass is 535 g/mol. The topological polar surface area (TPSA) is 50.9 Å². The van der Waals surface area contributed by atoms with Gasteiger partial charge in [-0.25, -0.2) is 4.39 Å². The Morgan fingerprint density at radius 2 is 1.55 bits per heavy atom. The molecule has 0 saturated heterocycles. The number of benzene rings is 2. The molecule has 0 aliphatic carbocycles. The van der Waals surface area contributed by atoms with Crippen LogP contribution in [-0.2, 0) is 23.7 Å². The molecule has 1 aliphatic heterocycles. The number of hydrogen-bond donors (Lipinski definition) is 0. The lowest BCUT2D eigenvalue weighted by molar-refractivity contribution is -0.143. The summed E-state index contributed by atoms with van der Waals surface area (Å²) in [5.41, 5.74) is -1.61. The lowest BCUT2D eigenvalue weighted by atomic mass is 10.00. The van der Waals surface area contributed by atoms with Crippen LogP contribution in [0.5, 0.6) is 0 Å². The molecule has 0 spiro atoms. The van der Waals surface area contributed by atoms with E-state index in [0.717, 1.165) is 0 Å². The van der Waals surface area contributed by atoms with Crippen LogP contribution < -0.4 is 0 Å². The summed E-state index contributed by atoms with van der Waals surface area (Å²) in [5, 5.41) is 3.93. The highest BCUT2D eigenvalue weighted by atomic mass is 19.4. The van der Waals surface area contributed by atoms with Crippen molar-refractivity contribution in [1.29, 1.82) is 0 Å². The first-order valence-corrected chi connectivity index (χ1v) is 11.0. The Balaban J connectivity index is 1.60. The molecule has 0 saturated carbocycles. The van der Waals surface area contributed by atoms with E-state index >= 15 is 0 Å². The molecule has 0 bridgehead atoms. The molecule has 0 amide bonds. The second-order valence-corrected chi connectivity index (χ2v) is 8.36. The van der Waals surface area contributed by atoms with Gasteiger partial charge < -0.3 is 14.2 Å². The highest BCUT2D eigenvalue weighted by Gasteiger charge is 2.41. The van der Waals surface area contributed by atoms with Gasteiger partial charge in [0, 0.05) is 18.0 Å². The molecular formula is C26H16F7N3O2. The maximum atomic E-state index is 13.5. The molecule has 1 atom stereocenters. The molecule has 0 N–H and O–H groups in total. The Hall–Kier alpha value is -4.35. The highest BCUT2D eigenvalue weighted by molar-refractivity contribution is 5.97.